The molecule has 0 saturated carbocycles. The van der Waals surface area contributed by atoms with E-state index in [-0.39, 0.29) is 20.5 Å². The van der Waals surface area contributed by atoms with Gasteiger partial charge in [0.15, 0.2) is 0 Å². The van der Waals surface area contributed by atoms with E-state index in [1.165, 1.54) is 12.1 Å². The van der Waals surface area contributed by atoms with Gasteiger partial charge in [0.2, 0.25) is 10.0 Å². The van der Waals surface area contributed by atoms with E-state index in [4.69, 9.17) is 23.2 Å². The Morgan fingerprint density at radius 1 is 1.25 bits per heavy atom. The summed E-state index contributed by atoms with van der Waals surface area (Å²) in [5.41, 5.74) is -0.327. The van der Waals surface area contributed by atoms with Crippen molar-refractivity contribution in [2.45, 2.75) is 50.7 Å². The first-order valence-corrected chi connectivity index (χ1v) is 8.56. The van der Waals surface area contributed by atoms with Crippen molar-refractivity contribution in [3.63, 3.8) is 0 Å². The molecule has 0 saturated heterocycles. The van der Waals surface area contributed by atoms with Crippen molar-refractivity contribution < 1.29 is 13.5 Å². The summed E-state index contributed by atoms with van der Waals surface area (Å²) in [4.78, 5) is -0.0688. The summed E-state index contributed by atoms with van der Waals surface area (Å²) in [7, 11) is -3.77. The molecule has 1 aromatic carbocycles. The lowest BCUT2D eigenvalue weighted by Gasteiger charge is -2.28. The van der Waals surface area contributed by atoms with Crippen molar-refractivity contribution >= 4 is 33.2 Å². The molecule has 1 rings (SSSR count). The van der Waals surface area contributed by atoms with Gasteiger partial charge >= 0.3 is 0 Å². The molecule has 0 radical (unpaired) electrons. The van der Waals surface area contributed by atoms with E-state index < -0.39 is 22.2 Å². The predicted molar refractivity (Wildman–Crippen MR) is 81.7 cm³/mol. The molecule has 114 valence electrons. The van der Waals surface area contributed by atoms with Crippen LogP contribution in [0.3, 0.4) is 0 Å². The lowest BCUT2D eigenvalue weighted by atomic mass is 9.98. The highest BCUT2D eigenvalue weighted by molar-refractivity contribution is 7.89. The van der Waals surface area contributed by atoms with Crippen molar-refractivity contribution in [2.24, 2.45) is 0 Å². The second-order valence-electron chi connectivity index (χ2n) is 4.87. The van der Waals surface area contributed by atoms with E-state index >= 15 is 0 Å². The number of sulfonamides is 1. The maximum absolute atomic E-state index is 12.4. The highest BCUT2D eigenvalue weighted by Crippen LogP contribution is 2.32. The summed E-state index contributed by atoms with van der Waals surface area (Å²) in [5.74, 6) is 0. The van der Waals surface area contributed by atoms with Crippen LogP contribution in [0.4, 0.5) is 0 Å². The van der Waals surface area contributed by atoms with Crippen molar-refractivity contribution in [1.82, 2.24) is 4.72 Å². The number of nitrogens with one attached hydrogen (secondary N) is 1. The highest BCUT2D eigenvalue weighted by Gasteiger charge is 2.29. The Labute approximate surface area is 130 Å². The molecule has 0 fully saturated rings. The van der Waals surface area contributed by atoms with E-state index in [9.17, 15) is 13.5 Å². The van der Waals surface area contributed by atoms with Crippen LogP contribution in [0.5, 0.6) is 0 Å². The first-order chi connectivity index (χ1) is 9.20. The summed E-state index contributed by atoms with van der Waals surface area (Å²) < 4.78 is 27.6. The van der Waals surface area contributed by atoms with Gasteiger partial charge in [-0.1, -0.05) is 37.0 Å². The Kier molecular flexibility index (Phi) is 5.87. The summed E-state index contributed by atoms with van der Waals surface area (Å²) >= 11 is 11.9. The van der Waals surface area contributed by atoms with Gasteiger partial charge in [-0.3, -0.25) is 0 Å². The van der Waals surface area contributed by atoms with E-state index in [1.54, 1.807) is 0 Å². The van der Waals surface area contributed by atoms with E-state index in [0.717, 1.165) is 0 Å². The third-order valence-electron chi connectivity index (χ3n) is 3.54. The fraction of sp³-hybridized carbons (Fsp3) is 0.538. The quantitative estimate of drug-likeness (QED) is 0.835. The van der Waals surface area contributed by atoms with Crippen LogP contribution in [0.1, 0.15) is 39.2 Å². The summed E-state index contributed by atoms with van der Waals surface area (Å²) in [6.07, 6.45) is 1.31. The molecule has 0 aromatic heterocycles. The Morgan fingerprint density at radius 3 is 2.25 bits per heavy atom. The van der Waals surface area contributed by atoms with Crippen LogP contribution in [0, 0.1) is 0 Å². The smallest absolute Gasteiger partial charge is 0.242 e. The Morgan fingerprint density at radius 2 is 1.80 bits per heavy atom. The van der Waals surface area contributed by atoms with Gasteiger partial charge in [0, 0.05) is 16.1 Å². The monoisotopic (exact) mass is 339 g/mol. The number of benzene rings is 1. The molecule has 4 nitrogen and oxygen atoms in total. The molecule has 0 aliphatic heterocycles. The van der Waals surface area contributed by atoms with Crippen molar-refractivity contribution in [1.29, 1.82) is 0 Å². The molecule has 0 aliphatic carbocycles. The molecule has 7 heteroatoms. The van der Waals surface area contributed by atoms with Crippen molar-refractivity contribution in [2.75, 3.05) is 0 Å². The van der Waals surface area contributed by atoms with Crippen LogP contribution < -0.4 is 4.72 Å². The van der Waals surface area contributed by atoms with Crippen LogP contribution >= 0.6 is 23.2 Å². The van der Waals surface area contributed by atoms with Gasteiger partial charge in [-0.2, -0.15) is 0 Å². The average Bonchev–Trinajstić information content (AvgIpc) is 2.38. The van der Waals surface area contributed by atoms with Gasteiger partial charge in [0.05, 0.1) is 11.6 Å². The second-order valence-corrected chi connectivity index (χ2v) is 7.31. The number of rotatable bonds is 6. The van der Waals surface area contributed by atoms with Crippen LogP contribution in [0.15, 0.2) is 17.0 Å². The third-order valence-corrected chi connectivity index (χ3v) is 6.12. The molecule has 0 bridgehead atoms. The van der Waals surface area contributed by atoms with Crippen LogP contribution in [0.2, 0.25) is 10.0 Å². The minimum absolute atomic E-state index is 0.0398. The molecule has 1 aromatic rings. The van der Waals surface area contributed by atoms with Gasteiger partial charge in [-0.25, -0.2) is 13.1 Å². The van der Waals surface area contributed by atoms with E-state index in [1.807, 2.05) is 20.8 Å². The lowest BCUT2D eigenvalue weighted by Crippen LogP contribution is -2.44. The topological polar surface area (TPSA) is 66.4 Å². The number of hydrogen-bond donors (Lipinski definition) is 2. The van der Waals surface area contributed by atoms with E-state index in [2.05, 4.69) is 4.72 Å². The largest absolute Gasteiger partial charge is 0.392 e. The molecular formula is C13H19Cl2NO3S. The molecule has 0 amide bonds. The first kappa shape index (κ1) is 17.7. The van der Waals surface area contributed by atoms with Gasteiger partial charge < -0.3 is 5.11 Å². The second kappa shape index (κ2) is 6.62. The number of hydrogen-bond acceptors (Lipinski definition) is 3. The zero-order valence-electron chi connectivity index (χ0n) is 11.7. The molecule has 0 aliphatic rings. The SMILES string of the molecule is CCC(C)(CC)NS(=O)(=O)c1ccc(Cl)c(CO)c1Cl. The number of aliphatic hydroxyl groups excluding tert-OH is 1. The molecule has 0 unspecified atom stereocenters. The fourth-order valence-electron chi connectivity index (χ4n) is 1.70. The maximum Gasteiger partial charge on any atom is 0.242 e. The fourth-order valence-corrected chi connectivity index (χ4v) is 4.15. The molecule has 2 N–H and O–H groups in total. The normalized spacial score (nSPS) is 12.7. The van der Waals surface area contributed by atoms with Gasteiger partial charge in [-0.05, 0) is 31.9 Å². The predicted octanol–water partition coefficient (Wildman–Crippen LogP) is 3.34. The minimum atomic E-state index is -3.77. The van der Waals surface area contributed by atoms with Crippen molar-refractivity contribution in [3.8, 4) is 0 Å². The maximum atomic E-state index is 12.4. The molecule has 0 spiro atoms. The molecule has 0 atom stereocenters. The molecular weight excluding hydrogens is 321 g/mol. The summed E-state index contributed by atoms with van der Waals surface area (Å²) in [6.45, 7) is 5.24. The first-order valence-electron chi connectivity index (χ1n) is 6.32. The third kappa shape index (κ3) is 3.65. The minimum Gasteiger partial charge on any atom is -0.392 e. The number of aliphatic hydroxyl groups is 1. The van der Waals surface area contributed by atoms with E-state index in [0.29, 0.717) is 12.8 Å². The zero-order chi connectivity index (χ0) is 15.6. The van der Waals surface area contributed by atoms with Crippen molar-refractivity contribution in [3.05, 3.63) is 27.7 Å². The Balaban J connectivity index is 3.30. The summed E-state index contributed by atoms with van der Waals surface area (Å²) in [6, 6.07) is 2.76. The van der Waals surface area contributed by atoms with Crippen LogP contribution in [-0.4, -0.2) is 19.1 Å². The number of halogens is 2. The van der Waals surface area contributed by atoms with Crippen LogP contribution in [-0.2, 0) is 16.6 Å². The Bertz CT molecular complexity index is 584. The molecule has 0 heterocycles. The summed E-state index contributed by atoms with van der Waals surface area (Å²) in [5, 5.41) is 9.43. The van der Waals surface area contributed by atoms with Gasteiger partial charge in [0.1, 0.15) is 4.90 Å². The van der Waals surface area contributed by atoms with Gasteiger partial charge in [0.25, 0.3) is 0 Å². The Hall–Kier alpha value is -0.330. The standard InChI is InChI=1S/C13H19Cl2NO3S/c1-4-13(3,5-2)16-20(18,19)11-7-6-10(14)9(8-17)12(11)15/h6-7,16-17H,4-5,8H2,1-3H3. The average molecular weight is 340 g/mol. The lowest BCUT2D eigenvalue weighted by molar-refractivity contribution is 0.281. The molecule has 20 heavy (non-hydrogen) atoms. The zero-order valence-corrected chi connectivity index (χ0v) is 14.0. The van der Waals surface area contributed by atoms with Gasteiger partial charge in [-0.15, -0.1) is 0 Å². The van der Waals surface area contributed by atoms with Crippen LogP contribution in [0.25, 0.3) is 0 Å². The highest BCUT2D eigenvalue weighted by atomic mass is 35.5.